The molecule has 0 N–H and O–H groups in total. The van der Waals surface area contributed by atoms with Gasteiger partial charge in [-0.05, 0) is 49.5 Å². The molecule has 1 amide bonds. The molecule has 3 heterocycles. The van der Waals surface area contributed by atoms with Gasteiger partial charge in [0, 0.05) is 25.8 Å². The number of amides is 1. The highest BCUT2D eigenvalue weighted by Crippen LogP contribution is 2.33. The van der Waals surface area contributed by atoms with E-state index >= 15 is 0 Å². The molecular formula is C27H30N4O2S2. The van der Waals surface area contributed by atoms with Gasteiger partial charge in [0.25, 0.3) is 11.5 Å². The fraction of sp³-hybridized carbons (Fsp3) is 0.333. The number of rotatable bonds is 9. The Kier molecular flexibility index (Phi) is 8.03. The van der Waals surface area contributed by atoms with E-state index in [0.717, 1.165) is 37.1 Å². The first kappa shape index (κ1) is 25.1. The molecule has 1 aromatic carbocycles. The Balaban J connectivity index is 1.75. The molecule has 0 spiro atoms. The first-order valence-corrected chi connectivity index (χ1v) is 13.2. The van der Waals surface area contributed by atoms with E-state index in [0.29, 0.717) is 39.2 Å². The Morgan fingerprint density at radius 3 is 2.46 bits per heavy atom. The van der Waals surface area contributed by atoms with Crippen LogP contribution < -0.4 is 10.5 Å². The monoisotopic (exact) mass is 506 g/mol. The Morgan fingerprint density at radius 1 is 1.06 bits per heavy atom. The minimum atomic E-state index is -0.180. The predicted molar refractivity (Wildman–Crippen MR) is 149 cm³/mol. The molecule has 0 bridgehead atoms. The number of fused-ring (bicyclic) bond motifs is 1. The van der Waals surface area contributed by atoms with Crippen LogP contribution in [0.5, 0.6) is 0 Å². The van der Waals surface area contributed by atoms with E-state index in [1.807, 2.05) is 49.4 Å². The summed E-state index contributed by atoms with van der Waals surface area (Å²) in [7, 11) is 0. The molecule has 8 heteroatoms. The van der Waals surface area contributed by atoms with Gasteiger partial charge in [0.05, 0.1) is 10.5 Å². The number of benzene rings is 1. The van der Waals surface area contributed by atoms with Gasteiger partial charge in [0.1, 0.15) is 15.8 Å². The number of aromatic nitrogens is 2. The van der Waals surface area contributed by atoms with Crippen LogP contribution in [-0.4, -0.2) is 44.1 Å². The molecule has 0 aliphatic carbocycles. The molecule has 1 aliphatic heterocycles. The summed E-state index contributed by atoms with van der Waals surface area (Å²) in [6.07, 6.45) is 5.99. The summed E-state index contributed by atoms with van der Waals surface area (Å²) in [5.74, 6) is 0.468. The first-order valence-electron chi connectivity index (χ1n) is 12.0. The topological polar surface area (TPSA) is 57.9 Å². The van der Waals surface area contributed by atoms with Crippen LogP contribution in [0, 0.1) is 6.92 Å². The van der Waals surface area contributed by atoms with Crippen LogP contribution in [0.3, 0.4) is 0 Å². The summed E-state index contributed by atoms with van der Waals surface area (Å²) in [4.78, 5) is 36.1. The zero-order valence-corrected chi connectivity index (χ0v) is 22.0. The second-order valence-corrected chi connectivity index (χ2v) is 10.3. The molecule has 2 aromatic heterocycles. The number of nitrogens with zero attached hydrogens (tertiary/aromatic N) is 4. The van der Waals surface area contributed by atoms with Gasteiger partial charge in [-0.2, -0.15) is 0 Å². The lowest BCUT2D eigenvalue weighted by Crippen LogP contribution is -2.31. The molecule has 182 valence electrons. The van der Waals surface area contributed by atoms with E-state index in [9.17, 15) is 9.59 Å². The van der Waals surface area contributed by atoms with Crippen molar-refractivity contribution in [2.45, 2.75) is 40.0 Å². The third kappa shape index (κ3) is 5.33. The van der Waals surface area contributed by atoms with Gasteiger partial charge in [0.2, 0.25) is 0 Å². The summed E-state index contributed by atoms with van der Waals surface area (Å²) in [6, 6.07) is 13.8. The van der Waals surface area contributed by atoms with E-state index in [2.05, 4.69) is 18.7 Å². The summed E-state index contributed by atoms with van der Waals surface area (Å²) in [5, 5.41) is 0. The lowest BCUT2D eigenvalue weighted by atomic mass is 10.1. The Bertz CT molecular complexity index is 1330. The number of anilines is 1. The second-order valence-electron chi connectivity index (χ2n) is 8.60. The molecule has 0 saturated carbocycles. The minimum absolute atomic E-state index is 0.159. The number of thiocarbonyl (C=S) groups is 1. The molecule has 1 fully saturated rings. The van der Waals surface area contributed by atoms with Crippen LogP contribution in [0.1, 0.15) is 43.4 Å². The molecule has 0 radical (unpaired) electrons. The molecule has 35 heavy (non-hydrogen) atoms. The Labute approximate surface area is 215 Å². The lowest BCUT2D eigenvalue weighted by molar-refractivity contribution is -0.122. The normalized spacial score (nSPS) is 14.9. The summed E-state index contributed by atoms with van der Waals surface area (Å²) >= 11 is 6.79. The molecular weight excluding hydrogens is 476 g/mol. The quantitative estimate of drug-likeness (QED) is 0.298. The van der Waals surface area contributed by atoms with Crippen LogP contribution in [-0.2, 0) is 11.2 Å². The Hall–Kier alpha value is -2.97. The Morgan fingerprint density at radius 2 is 1.77 bits per heavy atom. The zero-order chi connectivity index (χ0) is 24.9. The summed E-state index contributed by atoms with van der Waals surface area (Å²) in [5.41, 5.74) is 2.96. The van der Waals surface area contributed by atoms with Crippen molar-refractivity contribution < 1.29 is 4.79 Å². The van der Waals surface area contributed by atoms with Gasteiger partial charge in [-0.3, -0.25) is 18.9 Å². The van der Waals surface area contributed by atoms with Crippen LogP contribution in [0.4, 0.5) is 5.82 Å². The van der Waals surface area contributed by atoms with Gasteiger partial charge in [0.15, 0.2) is 0 Å². The number of carbonyl (C=O) groups excluding carboxylic acids is 1. The fourth-order valence-electron chi connectivity index (χ4n) is 4.24. The number of pyridine rings is 1. The largest absolute Gasteiger partial charge is 0.356 e. The van der Waals surface area contributed by atoms with Gasteiger partial charge in [-0.1, -0.05) is 74.2 Å². The second kappa shape index (κ2) is 11.2. The van der Waals surface area contributed by atoms with Crippen molar-refractivity contribution >= 4 is 51.7 Å². The molecule has 0 atom stereocenters. The molecule has 1 aliphatic rings. The minimum Gasteiger partial charge on any atom is -0.356 e. The average molecular weight is 507 g/mol. The van der Waals surface area contributed by atoms with Gasteiger partial charge in [-0.15, -0.1) is 0 Å². The highest BCUT2D eigenvalue weighted by molar-refractivity contribution is 8.26. The van der Waals surface area contributed by atoms with Crippen LogP contribution in [0.2, 0.25) is 0 Å². The standard InChI is InChI=1S/C27H30N4O2S2/c1-4-14-29(15-5-2)24-21(25(32)30-16-9-10-19(3)23(30)28-24)18-22-26(33)31(27(34)35-22)17-13-20-11-7-6-8-12-20/h6-12,16,18H,4-5,13-15,17H2,1-3H3. The molecule has 4 rings (SSSR count). The van der Waals surface area contributed by atoms with Gasteiger partial charge >= 0.3 is 0 Å². The SMILES string of the molecule is CCCN(CCC)c1nc2c(C)cccn2c(=O)c1C=C1SC(=S)N(CCc2ccccc2)C1=O. The van der Waals surface area contributed by atoms with Crippen LogP contribution >= 0.6 is 24.0 Å². The predicted octanol–water partition coefficient (Wildman–Crippen LogP) is 5.07. The third-order valence-corrected chi connectivity index (χ3v) is 7.34. The maximum Gasteiger partial charge on any atom is 0.267 e. The van der Waals surface area contributed by atoms with E-state index in [-0.39, 0.29) is 11.5 Å². The zero-order valence-electron chi connectivity index (χ0n) is 20.4. The van der Waals surface area contributed by atoms with E-state index in [4.69, 9.17) is 17.2 Å². The van der Waals surface area contributed by atoms with Crippen LogP contribution in [0.25, 0.3) is 11.7 Å². The maximum absolute atomic E-state index is 13.7. The first-order chi connectivity index (χ1) is 16.9. The van der Waals surface area contributed by atoms with E-state index < -0.39 is 0 Å². The fourth-order valence-corrected chi connectivity index (χ4v) is 5.53. The number of hydrogen-bond acceptors (Lipinski definition) is 6. The van der Waals surface area contributed by atoms with Gasteiger partial charge < -0.3 is 4.90 Å². The summed E-state index contributed by atoms with van der Waals surface area (Å²) in [6.45, 7) is 8.24. The van der Waals surface area contributed by atoms with Crippen molar-refractivity contribution in [2.75, 3.05) is 24.5 Å². The van der Waals surface area contributed by atoms with Crippen molar-refractivity contribution in [1.29, 1.82) is 0 Å². The van der Waals surface area contributed by atoms with Crippen molar-refractivity contribution in [1.82, 2.24) is 14.3 Å². The third-order valence-electron chi connectivity index (χ3n) is 5.97. The highest BCUT2D eigenvalue weighted by Gasteiger charge is 2.32. The smallest absolute Gasteiger partial charge is 0.267 e. The van der Waals surface area contributed by atoms with Crippen molar-refractivity contribution in [3.8, 4) is 0 Å². The highest BCUT2D eigenvalue weighted by atomic mass is 32.2. The number of thioether (sulfide) groups is 1. The number of carbonyl (C=O) groups is 1. The van der Waals surface area contributed by atoms with Crippen molar-refractivity contribution in [2.24, 2.45) is 0 Å². The van der Waals surface area contributed by atoms with Crippen molar-refractivity contribution in [3.63, 3.8) is 0 Å². The molecule has 1 saturated heterocycles. The molecule has 3 aromatic rings. The van der Waals surface area contributed by atoms with E-state index in [1.165, 1.54) is 11.8 Å². The molecule has 0 unspecified atom stereocenters. The molecule has 6 nitrogen and oxygen atoms in total. The number of aryl methyl sites for hydroxylation is 1. The van der Waals surface area contributed by atoms with Gasteiger partial charge in [-0.25, -0.2) is 4.98 Å². The maximum atomic E-state index is 13.7. The van der Waals surface area contributed by atoms with E-state index in [1.54, 1.807) is 21.6 Å². The lowest BCUT2D eigenvalue weighted by Gasteiger charge is -2.25. The summed E-state index contributed by atoms with van der Waals surface area (Å²) < 4.78 is 2.08. The van der Waals surface area contributed by atoms with Crippen LogP contribution in [0.15, 0.2) is 58.4 Å². The average Bonchev–Trinajstić information content (AvgIpc) is 3.12. The van der Waals surface area contributed by atoms with Crippen molar-refractivity contribution in [3.05, 3.63) is 80.6 Å². The number of hydrogen-bond donors (Lipinski definition) is 0.